The zero-order valence-electron chi connectivity index (χ0n) is 19.9. The van der Waals surface area contributed by atoms with Crippen molar-refractivity contribution in [2.75, 3.05) is 35.0 Å². The van der Waals surface area contributed by atoms with Crippen LogP contribution >= 0.6 is 0 Å². The van der Waals surface area contributed by atoms with E-state index in [1.807, 2.05) is 19.9 Å². The lowest BCUT2D eigenvalue weighted by Crippen LogP contribution is -2.44. The second kappa shape index (κ2) is 10.5. The number of hydrogen-bond donors (Lipinski definition) is 2. The van der Waals surface area contributed by atoms with E-state index in [1.54, 1.807) is 42.5 Å². The third-order valence-corrected chi connectivity index (χ3v) is 8.50. The average molecular weight is 517 g/mol. The van der Waals surface area contributed by atoms with Gasteiger partial charge in [-0.15, -0.1) is 0 Å². The van der Waals surface area contributed by atoms with Crippen LogP contribution in [0.3, 0.4) is 0 Å². The summed E-state index contributed by atoms with van der Waals surface area (Å²) in [7, 11) is -4.98. The molecule has 186 valence electrons. The quantitative estimate of drug-likeness (QED) is 0.453. The van der Waals surface area contributed by atoms with Crippen molar-refractivity contribution in [1.82, 2.24) is 4.31 Å². The minimum Gasteiger partial charge on any atom is -0.325 e. The Morgan fingerprint density at radius 1 is 0.800 bits per heavy atom. The van der Waals surface area contributed by atoms with Gasteiger partial charge in [0.1, 0.15) is 6.54 Å². The summed E-state index contributed by atoms with van der Waals surface area (Å²) in [6.07, 6.45) is 0. The number of carbonyl (C=O) groups excluding carboxylic acids is 1. The van der Waals surface area contributed by atoms with Crippen LogP contribution in [0.25, 0.3) is 0 Å². The van der Waals surface area contributed by atoms with Gasteiger partial charge < -0.3 is 5.32 Å². The summed E-state index contributed by atoms with van der Waals surface area (Å²) >= 11 is 0. The number of nitrogens with zero attached hydrogens (tertiary/aromatic N) is 2. The van der Waals surface area contributed by atoms with Gasteiger partial charge in [-0.3, -0.25) is 9.52 Å². The summed E-state index contributed by atoms with van der Waals surface area (Å²) < 4.78 is 55.5. The number of aryl methyl sites for hydroxylation is 2. The number of rotatable bonds is 9. The van der Waals surface area contributed by atoms with Gasteiger partial charge in [0.05, 0.1) is 10.6 Å². The van der Waals surface area contributed by atoms with Crippen LogP contribution in [-0.4, -0.2) is 47.7 Å². The predicted octanol–water partition coefficient (Wildman–Crippen LogP) is 3.36. The minimum absolute atomic E-state index is 0.0230. The molecule has 3 rings (SSSR count). The van der Waals surface area contributed by atoms with Gasteiger partial charge in [-0.1, -0.05) is 24.3 Å². The van der Waals surface area contributed by atoms with Gasteiger partial charge in [-0.25, -0.2) is 12.7 Å². The molecule has 0 aliphatic heterocycles. The zero-order valence-corrected chi connectivity index (χ0v) is 21.5. The van der Waals surface area contributed by atoms with E-state index in [1.165, 1.54) is 38.4 Å². The molecule has 1 amide bonds. The van der Waals surface area contributed by atoms with Crippen LogP contribution in [0.5, 0.6) is 0 Å². The molecular formula is C24H28N4O5S2. The summed E-state index contributed by atoms with van der Waals surface area (Å²) in [5, 5.41) is 2.62. The van der Waals surface area contributed by atoms with E-state index in [2.05, 4.69) is 10.0 Å². The van der Waals surface area contributed by atoms with Gasteiger partial charge in [-0.2, -0.15) is 12.7 Å². The first kappa shape index (κ1) is 26.2. The topological polar surface area (TPSA) is 116 Å². The fraction of sp³-hybridized carbons (Fsp3) is 0.208. The summed E-state index contributed by atoms with van der Waals surface area (Å²) in [4.78, 5) is 12.7. The van der Waals surface area contributed by atoms with Crippen LogP contribution in [0, 0.1) is 13.8 Å². The predicted molar refractivity (Wildman–Crippen MR) is 138 cm³/mol. The Kier molecular flexibility index (Phi) is 7.83. The lowest BCUT2D eigenvalue weighted by Gasteiger charge is -2.26. The Morgan fingerprint density at radius 3 is 1.97 bits per heavy atom. The largest absolute Gasteiger partial charge is 0.325 e. The molecule has 11 heteroatoms. The molecule has 0 saturated heterocycles. The molecule has 2 N–H and O–H groups in total. The molecule has 0 bridgehead atoms. The molecule has 0 heterocycles. The van der Waals surface area contributed by atoms with Gasteiger partial charge in [0.2, 0.25) is 5.91 Å². The van der Waals surface area contributed by atoms with Crippen LogP contribution in [-0.2, 0) is 25.0 Å². The molecule has 0 aliphatic rings. The number of hydrogen-bond acceptors (Lipinski definition) is 5. The molecule has 0 spiro atoms. The molecule has 0 aliphatic carbocycles. The fourth-order valence-corrected chi connectivity index (χ4v) is 5.28. The molecule has 0 saturated carbocycles. The van der Waals surface area contributed by atoms with Crippen LogP contribution in [0.2, 0.25) is 0 Å². The van der Waals surface area contributed by atoms with E-state index in [9.17, 15) is 21.6 Å². The first-order valence-electron chi connectivity index (χ1n) is 10.7. The van der Waals surface area contributed by atoms with E-state index < -0.39 is 32.7 Å². The molecule has 3 aromatic rings. The highest BCUT2D eigenvalue weighted by molar-refractivity contribution is 7.92. The molecule has 0 atom stereocenters. The monoisotopic (exact) mass is 516 g/mol. The lowest BCUT2D eigenvalue weighted by atomic mass is 10.1. The highest BCUT2D eigenvalue weighted by Gasteiger charge is 2.27. The Bertz CT molecular complexity index is 1410. The standard InChI is InChI=1S/C24H28N4O5S2/c1-18-10-11-21(16-19(18)2)26-34(30,31)23-14-12-20(13-15-23)25-24(29)17-28(35(32,33)27(3)4)22-8-6-5-7-9-22/h5-16,26H,17H2,1-4H3,(H,25,29). The minimum atomic E-state index is -3.92. The maximum atomic E-state index is 12.8. The smallest absolute Gasteiger partial charge is 0.304 e. The van der Waals surface area contributed by atoms with Gasteiger partial charge >= 0.3 is 10.2 Å². The number of nitrogens with one attached hydrogen (secondary N) is 2. The molecule has 0 aromatic heterocycles. The van der Waals surface area contributed by atoms with Crippen molar-refractivity contribution in [1.29, 1.82) is 0 Å². The number of amides is 1. The molecule has 35 heavy (non-hydrogen) atoms. The van der Waals surface area contributed by atoms with Gasteiger partial charge in [-0.05, 0) is 73.5 Å². The number of para-hydroxylation sites is 1. The third kappa shape index (κ3) is 6.38. The molecule has 9 nitrogen and oxygen atoms in total. The van der Waals surface area contributed by atoms with Crippen molar-refractivity contribution in [3.8, 4) is 0 Å². The summed E-state index contributed by atoms with van der Waals surface area (Å²) in [5.74, 6) is -0.580. The molecular weight excluding hydrogens is 488 g/mol. The van der Waals surface area contributed by atoms with Crippen LogP contribution < -0.4 is 14.3 Å². The summed E-state index contributed by atoms with van der Waals surface area (Å²) in [6, 6.07) is 19.2. The van der Waals surface area contributed by atoms with Crippen molar-refractivity contribution >= 4 is 43.2 Å². The summed E-state index contributed by atoms with van der Waals surface area (Å²) in [5.41, 5.74) is 3.14. The van der Waals surface area contributed by atoms with Crippen molar-refractivity contribution in [2.24, 2.45) is 0 Å². The third-order valence-electron chi connectivity index (χ3n) is 5.28. The van der Waals surface area contributed by atoms with Crippen molar-refractivity contribution < 1.29 is 21.6 Å². The molecule has 0 radical (unpaired) electrons. The van der Waals surface area contributed by atoms with E-state index in [0.29, 0.717) is 17.1 Å². The van der Waals surface area contributed by atoms with E-state index >= 15 is 0 Å². The Hall–Kier alpha value is -3.41. The molecule has 0 unspecified atom stereocenters. The second-order valence-corrected chi connectivity index (χ2v) is 11.9. The number of carbonyl (C=O) groups is 1. The normalized spacial score (nSPS) is 11.8. The van der Waals surface area contributed by atoms with Crippen LogP contribution in [0.15, 0.2) is 77.7 Å². The average Bonchev–Trinajstić information content (AvgIpc) is 2.80. The van der Waals surface area contributed by atoms with Gasteiger partial charge in [0.15, 0.2) is 0 Å². The fourth-order valence-electron chi connectivity index (χ4n) is 3.16. The first-order chi connectivity index (χ1) is 16.4. The lowest BCUT2D eigenvalue weighted by molar-refractivity contribution is -0.114. The Balaban J connectivity index is 1.73. The van der Waals surface area contributed by atoms with Crippen molar-refractivity contribution in [2.45, 2.75) is 18.7 Å². The van der Waals surface area contributed by atoms with E-state index in [-0.39, 0.29) is 4.90 Å². The second-order valence-electron chi connectivity index (χ2n) is 8.11. The van der Waals surface area contributed by atoms with Gasteiger partial charge in [0.25, 0.3) is 10.0 Å². The van der Waals surface area contributed by atoms with Crippen molar-refractivity contribution in [3.05, 3.63) is 83.9 Å². The van der Waals surface area contributed by atoms with E-state index in [4.69, 9.17) is 0 Å². The number of benzene rings is 3. The Labute approximate surface area is 206 Å². The van der Waals surface area contributed by atoms with Gasteiger partial charge in [0, 0.05) is 25.5 Å². The molecule has 3 aromatic carbocycles. The van der Waals surface area contributed by atoms with Crippen molar-refractivity contribution in [3.63, 3.8) is 0 Å². The van der Waals surface area contributed by atoms with Crippen LogP contribution in [0.1, 0.15) is 11.1 Å². The van der Waals surface area contributed by atoms with Crippen LogP contribution in [0.4, 0.5) is 17.1 Å². The number of sulfonamides is 1. The highest BCUT2D eigenvalue weighted by Crippen LogP contribution is 2.22. The maximum Gasteiger partial charge on any atom is 0.304 e. The molecule has 0 fully saturated rings. The summed E-state index contributed by atoms with van der Waals surface area (Å²) in [6.45, 7) is 3.38. The maximum absolute atomic E-state index is 12.8. The number of anilines is 3. The first-order valence-corrected chi connectivity index (χ1v) is 13.5. The van der Waals surface area contributed by atoms with E-state index in [0.717, 1.165) is 19.7 Å². The highest BCUT2D eigenvalue weighted by atomic mass is 32.2. The SMILES string of the molecule is Cc1ccc(NS(=O)(=O)c2ccc(NC(=O)CN(c3ccccc3)S(=O)(=O)N(C)C)cc2)cc1C. The zero-order chi connectivity index (χ0) is 25.8. The Morgan fingerprint density at radius 2 is 1.40 bits per heavy atom.